The van der Waals surface area contributed by atoms with Crippen LogP contribution >= 0.6 is 11.3 Å². The van der Waals surface area contributed by atoms with Gasteiger partial charge in [-0.3, -0.25) is 10.1 Å². The van der Waals surface area contributed by atoms with Crippen LogP contribution in [0.1, 0.15) is 20.3 Å². The van der Waals surface area contributed by atoms with Crippen LogP contribution in [-0.4, -0.2) is 23.6 Å². The number of anilines is 1. The lowest BCUT2D eigenvalue weighted by Gasteiger charge is -2.16. The lowest BCUT2D eigenvalue weighted by atomic mass is 10.2. The molecule has 1 aromatic heterocycles. The minimum atomic E-state index is -0.562. The third-order valence-electron chi connectivity index (χ3n) is 3.59. The van der Waals surface area contributed by atoms with Crippen molar-refractivity contribution in [2.45, 2.75) is 26.4 Å². The lowest BCUT2D eigenvalue weighted by molar-refractivity contribution is -0.122. The highest BCUT2D eigenvalue weighted by Crippen LogP contribution is 2.29. The molecule has 25 heavy (non-hydrogen) atoms. The van der Waals surface area contributed by atoms with Crippen LogP contribution in [0.15, 0.2) is 48.5 Å². The van der Waals surface area contributed by atoms with Crippen molar-refractivity contribution in [3.63, 3.8) is 0 Å². The summed E-state index contributed by atoms with van der Waals surface area (Å²) in [6.07, 6.45) is 0.00789. The molecule has 0 saturated carbocycles. The van der Waals surface area contributed by atoms with E-state index in [0.29, 0.717) is 23.9 Å². The second kappa shape index (κ2) is 7.98. The molecule has 2 aromatic carbocycles. The summed E-state index contributed by atoms with van der Waals surface area (Å²) in [7, 11) is 0. The van der Waals surface area contributed by atoms with Crippen molar-refractivity contribution in [2.24, 2.45) is 0 Å². The molecule has 0 spiro atoms. The number of fused-ring (bicyclic) bond motifs is 1. The maximum Gasteiger partial charge on any atom is 0.267 e. The number of ether oxygens (including phenoxy) is 2. The molecule has 0 aliphatic rings. The number of benzene rings is 2. The molecule has 5 nitrogen and oxygen atoms in total. The highest BCUT2D eigenvalue weighted by Gasteiger charge is 2.20. The minimum Gasteiger partial charge on any atom is -0.494 e. The molecule has 0 radical (unpaired) electrons. The van der Waals surface area contributed by atoms with Crippen molar-refractivity contribution in [1.82, 2.24) is 4.98 Å². The van der Waals surface area contributed by atoms with Gasteiger partial charge in [0, 0.05) is 0 Å². The van der Waals surface area contributed by atoms with Gasteiger partial charge in [-0.15, -0.1) is 0 Å². The lowest BCUT2D eigenvalue weighted by Crippen LogP contribution is -2.32. The predicted molar refractivity (Wildman–Crippen MR) is 101 cm³/mol. The molecule has 0 bridgehead atoms. The van der Waals surface area contributed by atoms with Crippen LogP contribution in [0.5, 0.6) is 11.5 Å². The average Bonchev–Trinajstić information content (AvgIpc) is 3.02. The fourth-order valence-corrected chi connectivity index (χ4v) is 3.28. The maximum absolute atomic E-state index is 12.5. The van der Waals surface area contributed by atoms with Crippen LogP contribution in [0, 0.1) is 0 Å². The van der Waals surface area contributed by atoms with Gasteiger partial charge in [0.1, 0.15) is 11.5 Å². The van der Waals surface area contributed by atoms with Gasteiger partial charge in [0.25, 0.3) is 5.91 Å². The van der Waals surface area contributed by atoms with Crippen LogP contribution in [-0.2, 0) is 4.79 Å². The van der Waals surface area contributed by atoms with Crippen molar-refractivity contribution in [3.8, 4) is 11.5 Å². The van der Waals surface area contributed by atoms with Gasteiger partial charge in [-0.05, 0) is 43.7 Å². The number of amides is 1. The second-order valence-corrected chi connectivity index (χ2v) is 6.43. The summed E-state index contributed by atoms with van der Waals surface area (Å²) < 4.78 is 12.2. The molecule has 130 valence electrons. The van der Waals surface area contributed by atoms with E-state index in [-0.39, 0.29) is 5.91 Å². The first kappa shape index (κ1) is 17.2. The van der Waals surface area contributed by atoms with Gasteiger partial charge < -0.3 is 9.47 Å². The first-order chi connectivity index (χ1) is 12.2. The maximum atomic E-state index is 12.5. The Hall–Kier alpha value is -2.60. The van der Waals surface area contributed by atoms with E-state index in [1.807, 2.05) is 62.4 Å². The number of rotatable bonds is 7. The first-order valence-corrected chi connectivity index (χ1v) is 9.07. The normalized spacial score (nSPS) is 11.9. The fraction of sp³-hybridized carbons (Fsp3) is 0.263. The summed E-state index contributed by atoms with van der Waals surface area (Å²) >= 11 is 1.42. The topological polar surface area (TPSA) is 60.5 Å². The monoisotopic (exact) mass is 356 g/mol. The van der Waals surface area contributed by atoms with E-state index in [2.05, 4.69) is 10.3 Å². The van der Waals surface area contributed by atoms with Crippen molar-refractivity contribution in [3.05, 3.63) is 48.5 Å². The van der Waals surface area contributed by atoms with Crippen molar-refractivity contribution < 1.29 is 14.3 Å². The number of carbonyl (C=O) groups excluding carboxylic acids is 1. The average molecular weight is 356 g/mol. The molecule has 1 atom stereocenters. The Morgan fingerprint density at radius 2 is 1.96 bits per heavy atom. The van der Waals surface area contributed by atoms with Crippen LogP contribution in [0.2, 0.25) is 0 Å². The van der Waals surface area contributed by atoms with Crippen LogP contribution in [0.25, 0.3) is 10.2 Å². The zero-order valence-corrected chi connectivity index (χ0v) is 15.0. The van der Waals surface area contributed by atoms with Crippen LogP contribution in [0.4, 0.5) is 5.13 Å². The van der Waals surface area contributed by atoms with Gasteiger partial charge in [-0.25, -0.2) is 4.98 Å². The third kappa shape index (κ3) is 4.28. The third-order valence-corrected chi connectivity index (χ3v) is 4.52. The van der Waals surface area contributed by atoms with Gasteiger partial charge >= 0.3 is 0 Å². The van der Waals surface area contributed by atoms with Crippen molar-refractivity contribution in [2.75, 3.05) is 11.9 Å². The van der Waals surface area contributed by atoms with Crippen molar-refractivity contribution in [1.29, 1.82) is 0 Å². The summed E-state index contributed by atoms with van der Waals surface area (Å²) in [5, 5.41) is 3.42. The number of para-hydroxylation sites is 1. The van der Waals surface area contributed by atoms with Gasteiger partial charge in [0.2, 0.25) is 0 Å². The quantitative estimate of drug-likeness (QED) is 0.677. The smallest absolute Gasteiger partial charge is 0.267 e. The highest BCUT2D eigenvalue weighted by atomic mass is 32.1. The van der Waals surface area contributed by atoms with Crippen LogP contribution in [0.3, 0.4) is 0 Å². The minimum absolute atomic E-state index is 0.199. The highest BCUT2D eigenvalue weighted by molar-refractivity contribution is 7.22. The van der Waals surface area contributed by atoms with Crippen LogP contribution < -0.4 is 14.8 Å². The first-order valence-electron chi connectivity index (χ1n) is 8.25. The molecule has 6 heteroatoms. The van der Waals surface area contributed by atoms with E-state index in [1.165, 1.54) is 11.3 Å². The Morgan fingerprint density at radius 1 is 1.16 bits per heavy atom. The summed E-state index contributed by atoms with van der Waals surface area (Å²) in [6, 6.07) is 15.0. The Balaban J connectivity index is 1.71. The van der Waals surface area contributed by atoms with E-state index >= 15 is 0 Å². The van der Waals surface area contributed by atoms with E-state index in [1.54, 1.807) is 0 Å². The summed E-state index contributed by atoms with van der Waals surface area (Å²) in [5.74, 6) is 1.28. The Labute approximate surface area is 150 Å². The Kier molecular flexibility index (Phi) is 5.50. The summed E-state index contributed by atoms with van der Waals surface area (Å²) in [4.78, 5) is 17.0. The second-order valence-electron chi connectivity index (χ2n) is 5.40. The van der Waals surface area contributed by atoms with Gasteiger partial charge in [0.05, 0.1) is 16.8 Å². The Bertz CT molecular complexity index is 848. The molecule has 0 unspecified atom stereocenters. The molecule has 0 saturated heterocycles. The van der Waals surface area contributed by atoms with E-state index in [4.69, 9.17) is 9.47 Å². The molecular weight excluding hydrogens is 336 g/mol. The largest absolute Gasteiger partial charge is 0.494 e. The van der Waals surface area contributed by atoms with E-state index in [0.717, 1.165) is 16.0 Å². The molecule has 0 aliphatic carbocycles. The SMILES string of the molecule is CCOc1ccc2nc(NC(=O)[C@@H](CC)Oc3ccccc3)sc2c1. The van der Waals surface area contributed by atoms with Gasteiger partial charge in [-0.1, -0.05) is 36.5 Å². The Morgan fingerprint density at radius 3 is 2.68 bits per heavy atom. The van der Waals surface area contributed by atoms with Gasteiger partial charge in [-0.2, -0.15) is 0 Å². The van der Waals surface area contributed by atoms with E-state index < -0.39 is 6.10 Å². The number of carbonyl (C=O) groups is 1. The zero-order valence-electron chi connectivity index (χ0n) is 14.2. The van der Waals surface area contributed by atoms with Crippen molar-refractivity contribution >= 4 is 32.6 Å². The predicted octanol–water partition coefficient (Wildman–Crippen LogP) is 4.49. The number of nitrogens with one attached hydrogen (secondary N) is 1. The molecule has 1 heterocycles. The number of hydrogen-bond donors (Lipinski definition) is 1. The molecule has 3 rings (SSSR count). The number of nitrogens with zero attached hydrogens (tertiary/aromatic N) is 1. The van der Waals surface area contributed by atoms with E-state index in [9.17, 15) is 4.79 Å². The molecule has 3 aromatic rings. The summed E-state index contributed by atoms with van der Waals surface area (Å²) in [6.45, 7) is 4.48. The number of thiazole rings is 1. The van der Waals surface area contributed by atoms with Gasteiger partial charge in [0.15, 0.2) is 11.2 Å². The number of hydrogen-bond acceptors (Lipinski definition) is 5. The fourth-order valence-electron chi connectivity index (χ4n) is 2.39. The molecule has 1 N–H and O–H groups in total. The molecule has 0 fully saturated rings. The summed E-state index contributed by atoms with van der Waals surface area (Å²) in [5.41, 5.74) is 0.834. The standard InChI is InChI=1S/C19H20N2O3S/c1-3-16(24-13-8-6-5-7-9-13)18(22)21-19-20-15-11-10-14(23-4-2)12-17(15)25-19/h5-12,16H,3-4H2,1-2H3,(H,20,21,22)/t16-/m1/s1. The molecular formula is C19H20N2O3S. The number of aromatic nitrogens is 1. The zero-order chi connectivity index (χ0) is 17.6. The molecule has 1 amide bonds. The molecule has 0 aliphatic heterocycles.